The van der Waals surface area contributed by atoms with Crippen molar-refractivity contribution in [1.82, 2.24) is 10.2 Å². The maximum atomic E-state index is 12.0. The molecule has 1 amide bonds. The van der Waals surface area contributed by atoms with Crippen LogP contribution < -0.4 is 10.1 Å². The maximum absolute atomic E-state index is 12.0. The van der Waals surface area contributed by atoms with Crippen molar-refractivity contribution in [2.75, 3.05) is 33.3 Å². The van der Waals surface area contributed by atoms with Crippen LogP contribution in [-0.4, -0.2) is 44.1 Å². The van der Waals surface area contributed by atoms with Gasteiger partial charge in [0.15, 0.2) is 0 Å². The summed E-state index contributed by atoms with van der Waals surface area (Å²) in [6, 6.07) is 8.06. The minimum absolute atomic E-state index is 0.287. The molecule has 1 aliphatic heterocycles. The summed E-state index contributed by atoms with van der Waals surface area (Å²) in [5.74, 6) is 1.16. The number of carbonyl (C=O) groups excluding carboxylic acids is 1. The van der Waals surface area contributed by atoms with Crippen molar-refractivity contribution in [2.24, 2.45) is 0 Å². The van der Waals surface area contributed by atoms with Gasteiger partial charge < -0.3 is 15.0 Å². The molecule has 0 spiro atoms. The van der Waals surface area contributed by atoms with Crippen LogP contribution in [0.2, 0.25) is 0 Å². The average molecular weight is 262 g/mol. The predicted molar refractivity (Wildman–Crippen MR) is 75.4 cm³/mol. The van der Waals surface area contributed by atoms with E-state index in [1.54, 1.807) is 7.11 Å². The predicted octanol–water partition coefficient (Wildman–Crippen LogP) is 1.45. The lowest BCUT2D eigenvalue weighted by atomic mass is 10.1. The van der Waals surface area contributed by atoms with Crippen LogP contribution in [0.5, 0.6) is 5.75 Å². The van der Waals surface area contributed by atoms with Gasteiger partial charge >= 0.3 is 0 Å². The molecule has 0 atom stereocenters. The monoisotopic (exact) mass is 262 g/mol. The summed E-state index contributed by atoms with van der Waals surface area (Å²) in [5, 5.41) is 3.26. The van der Waals surface area contributed by atoms with Gasteiger partial charge in [0.05, 0.1) is 7.11 Å². The van der Waals surface area contributed by atoms with Gasteiger partial charge in [-0.15, -0.1) is 0 Å². The third-order valence-electron chi connectivity index (χ3n) is 3.48. The van der Waals surface area contributed by atoms with Crippen molar-refractivity contribution in [3.05, 3.63) is 29.8 Å². The lowest BCUT2D eigenvalue weighted by Gasteiger charge is -2.27. The maximum Gasteiger partial charge on any atom is 0.222 e. The summed E-state index contributed by atoms with van der Waals surface area (Å²) in [4.78, 5) is 13.9. The van der Waals surface area contributed by atoms with E-state index < -0.39 is 0 Å². The number of piperazine rings is 1. The van der Waals surface area contributed by atoms with Gasteiger partial charge in [0.1, 0.15) is 5.75 Å². The fourth-order valence-electron chi connectivity index (χ4n) is 2.31. The van der Waals surface area contributed by atoms with E-state index in [1.165, 1.54) is 5.56 Å². The number of hydrogen-bond donors (Lipinski definition) is 1. The highest BCUT2D eigenvalue weighted by Crippen LogP contribution is 2.13. The highest BCUT2D eigenvalue weighted by molar-refractivity contribution is 5.76. The molecule has 0 aromatic heterocycles. The Kier molecular flexibility index (Phi) is 5.21. The molecular weight excluding hydrogens is 240 g/mol. The van der Waals surface area contributed by atoms with Crippen LogP contribution in [-0.2, 0) is 11.2 Å². The first-order valence-corrected chi connectivity index (χ1v) is 6.91. The molecular formula is C15H22N2O2. The Morgan fingerprint density at radius 2 is 1.95 bits per heavy atom. The molecule has 1 heterocycles. The SMILES string of the molecule is COc1ccc(CCCC(=O)N2CCNCC2)cc1. The van der Waals surface area contributed by atoms with E-state index in [1.807, 2.05) is 17.0 Å². The lowest BCUT2D eigenvalue weighted by Crippen LogP contribution is -2.46. The highest BCUT2D eigenvalue weighted by Gasteiger charge is 2.15. The molecule has 1 saturated heterocycles. The van der Waals surface area contributed by atoms with Crippen molar-refractivity contribution in [3.8, 4) is 5.75 Å². The van der Waals surface area contributed by atoms with Crippen LogP contribution in [0, 0.1) is 0 Å². The number of amides is 1. The third-order valence-corrected chi connectivity index (χ3v) is 3.48. The Morgan fingerprint density at radius 3 is 2.58 bits per heavy atom. The van der Waals surface area contributed by atoms with Gasteiger partial charge in [0.2, 0.25) is 5.91 Å². The summed E-state index contributed by atoms with van der Waals surface area (Å²) < 4.78 is 5.12. The number of hydrogen-bond acceptors (Lipinski definition) is 3. The summed E-state index contributed by atoms with van der Waals surface area (Å²) in [5.41, 5.74) is 1.26. The molecule has 0 unspecified atom stereocenters. The zero-order chi connectivity index (χ0) is 13.5. The Bertz CT molecular complexity index is 397. The molecule has 0 aliphatic carbocycles. The molecule has 0 radical (unpaired) electrons. The van der Waals surface area contributed by atoms with E-state index in [0.29, 0.717) is 6.42 Å². The van der Waals surface area contributed by atoms with Gasteiger partial charge in [-0.3, -0.25) is 4.79 Å². The second kappa shape index (κ2) is 7.14. The van der Waals surface area contributed by atoms with E-state index in [9.17, 15) is 4.79 Å². The van der Waals surface area contributed by atoms with Crippen LogP contribution in [0.1, 0.15) is 18.4 Å². The van der Waals surface area contributed by atoms with E-state index >= 15 is 0 Å². The van der Waals surface area contributed by atoms with Gasteiger partial charge in [-0.25, -0.2) is 0 Å². The van der Waals surface area contributed by atoms with Crippen molar-refractivity contribution in [3.63, 3.8) is 0 Å². The fraction of sp³-hybridized carbons (Fsp3) is 0.533. The molecule has 2 rings (SSSR count). The summed E-state index contributed by atoms with van der Waals surface area (Å²) in [6.45, 7) is 3.54. The Hall–Kier alpha value is -1.55. The van der Waals surface area contributed by atoms with E-state index in [0.717, 1.165) is 44.8 Å². The van der Waals surface area contributed by atoms with Crippen LogP contribution in [0.4, 0.5) is 0 Å². The smallest absolute Gasteiger partial charge is 0.222 e. The number of methoxy groups -OCH3 is 1. The first-order valence-electron chi connectivity index (χ1n) is 6.91. The summed E-state index contributed by atoms with van der Waals surface area (Å²) in [6.07, 6.45) is 2.50. The second-order valence-corrected chi connectivity index (χ2v) is 4.83. The van der Waals surface area contributed by atoms with Gasteiger partial charge in [-0.1, -0.05) is 12.1 Å². The molecule has 1 aliphatic rings. The number of aryl methyl sites for hydroxylation is 1. The number of ether oxygens (including phenoxy) is 1. The number of rotatable bonds is 5. The summed E-state index contributed by atoms with van der Waals surface area (Å²) in [7, 11) is 1.67. The van der Waals surface area contributed by atoms with Crippen molar-refractivity contribution < 1.29 is 9.53 Å². The first kappa shape index (κ1) is 13.9. The van der Waals surface area contributed by atoms with Crippen LogP contribution >= 0.6 is 0 Å². The minimum Gasteiger partial charge on any atom is -0.497 e. The first-order chi connectivity index (χ1) is 9.29. The lowest BCUT2D eigenvalue weighted by molar-refractivity contribution is -0.131. The Labute approximate surface area is 114 Å². The molecule has 4 heteroatoms. The molecule has 1 aromatic rings. The zero-order valence-corrected chi connectivity index (χ0v) is 11.5. The van der Waals surface area contributed by atoms with Crippen LogP contribution in [0.3, 0.4) is 0 Å². The van der Waals surface area contributed by atoms with Crippen molar-refractivity contribution in [2.45, 2.75) is 19.3 Å². The van der Waals surface area contributed by atoms with Crippen molar-refractivity contribution >= 4 is 5.91 Å². The molecule has 1 aromatic carbocycles. The summed E-state index contributed by atoms with van der Waals surface area (Å²) >= 11 is 0. The highest BCUT2D eigenvalue weighted by atomic mass is 16.5. The molecule has 0 bridgehead atoms. The van der Waals surface area contributed by atoms with E-state index in [-0.39, 0.29) is 5.91 Å². The van der Waals surface area contributed by atoms with Crippen LogP contribution in [0.25, 0.3) is 0 Å². The topological polar surface area (TPSA) is 41.6 Å². The standard InChI is InChI=1S/C15H22N2O2/c1-19-14-7-5-13(6-8-14)3-2-4-15(18)17-11-9-16-10-12-17/h5-8,16H,2-4,9-12H2,1H3. The van der Waals surface area contributed by atoms with E-state index in [2.05, 4.69) is 17.4 Å². The normalized spacial score (nSPS) is 15.3. The number of nitrogens with one attached hydrogen (secondary N) is 1. The van der Waals surface area contributed by atoms with Crippen molar-refractivity contribution in [1.29, 1.82) is 0 Å². The number of benzene rings is 1. The largest absolute Gasteiger partial charge is 0.497 e. The van der Waals surface area contributed by atoms with Gasteiger partial charge in [0.25, 0.3) is 0 Å². The quantitative estimate of drug-likeness (QED) is 0.873. The molecule has 104 valence electrons. The molecule has 1 fully saturated rings. The van der Waals surface area contributed by atoms with Crippen LogP contribution in [0.15, 0.2) is 24.3 Å². The third kappa shape index (κ3) is 4.24. The number of nitrogens with zero attached hydrogens (tertiary/aromatic N) is 1. The number of carbonyl (C=O) groups is 1. The molecule has 19 heavy (non-hydrogen) atoms. The molecule has 4 nitrogen and oxygen atoms in total. The fourth-order valence-corrected chi connectivity index (χ4v) is 2.31. The Morgan fingerprint density at radius 1 is 1.26 bits per heavy atom. The Balaban J connectivity index is 1.71. The minimum atomic E-state index is 0.287. The molecule has 0 saturated carbocycles. The zero-order valence-electron chi connectivity index (χ0n) is 11.5. The van der Waals surface area contributed by atoms with Gasteiger partial charge in [-0.2, -0.15) is 0 Å². The van der Waals surface area contributed by atoms with Gasteiger partial charge in [0, 0.05) is 32.6 Å². The average Bonchev–Trinajstić information content (AvgIpc) is 2.49. The van der Waals surface area contributed by atoms with Gasteiger partial charge in [-0.05, 0) is 30.5 Å². The van der Waals surface area contributed by atoms with E-state index in [4.69, 9.17) is 4.74 Å². The second-order valence-electron chi connectivity index (χ2n) is 4.83. The molecule has 1 N–H and O–H groups in total.